The molecule has 1 aromatic heterocycles. The fourth-order valence-electron chi connectivity index (χ4n) is 2.39. The second-order valence-corrected chi connectivity index (χ2v) is 6.03. The van der Waals surface area contributed by atoms with Gasteiger partial charge in [-0.1, -0.05) is 31.2 Å². The Bertz CT molecular complexity index is 647. The quantitative estimate of drug-likeness (QED) is 0.650. The molecule has 0 radical (unpaired) electrons. The molecule has 6 heteroatoms. The van der Waals surface area contributed by atoms with Gasteiger partial charge in [0, 0.05) is 38.4 Å². The average Bonchev–Trinajstić information content (AvgIpc) is 2.64. The molecule has 1 amide bonds. The maximum atomic E-state index is 12.0. The highest BCUT2D eigenvalue weighted by Gasteiger charge is 2.03. The third kappa shape index (κ3) is 7.30. The van der Waals surface area contributed by atoms with E-state index in [0.29, 0.717) is 25.5 Å². The molecule has 134 valence electrons. The van der Waals surface area contributed by atoms with Gasteiger partial charge in [-0.05, 0) is 37.2 Å². The van der Waals surface area contributed by atoms with Gasteiger partial charge in [0.25, 0.3) is 0 Å². The Kier molecular flexibility index (Phi) is 7.85. The molecule has 2 aromatic rings. The SMILES string of the molecule is CCN(C)Cc1cccc(CNC(=O)CCCNc2ncccn2)c1. The number of rotatable bonds is 10. The summed E-state index contributed by atoms with van der Waals surface area (Å²) >= 11 is 0. The van der Waals surface area contributed by atoms with Crippen molar-refractivity contribution in [2.24, 2.45) is 0 Å². The summed E-state index contributed by atoms with van der Waals surface area (Å²) in [5.74, 6) is 0.656. The van der Waals surface area contributed by atoms with Crippen LogP contribution < -0.4 is 10.6 Å². The monoisotopic (exact) mass is 341 g/mol. The van der Waals surface area contributed by atoms with Crippen molar-refractivity contribution in [2.75, 3.05) is 25.5 Å². The predicted molar refractivity (Wildman–Crippen MR) is 100 cm³/mol. The van der Waals surface area contributed by atoms with Gasteiger partial charge in [-0.3, -0.25) is 4.79 Å². The highest BCUT2D eigenvalue weighted by molar-refractivity contribution is 5.75. The summed E-state index contributed by atoms with van der Waals surface area (Å²) < 4.78 is 0. The van der Waals surface area contributed by atoms with Crippen LogP contribution >= 0.6 is 0 Å². The summed E-state index contributed by atoms with van der Waals surface area (Å²) in [7, 11) is 2.10. The van der Waals surface area contributed by atoms with Crippen molar-refractivity contribution in [3.8, 4) is 0 Å². The van der Waals surface area contributed by atoms with Gasteiger partial charge >= 0.3 is 0 Å². The van der Waals surface area contributed by atoms with Crippen LogP contribution in [0.4, 0.5) is 5.95 Å². The third-order valence-electron chi connectivity index (χ3n) is 3.90. The molecule has 0 fully saturated rings. The van der Waals surface area contributed by atoms with Crippen LogP contribution in [0.3, 0.4) is 0 Å². The highest BCUT2D eigenvalue weighted by atomic mass is 16.1. The van der Waals surface area contributed by atoms with E-state index >= 15 is 0 Å². The Hall–Kier alpha value is -2.47. The molecular weight excluding hydrogens is 314 g/mol. The van der Waals surface area contributed by atoms with Gasteiger partial charge in [0.05, 0.1) is 0 Å². The van der Waals surface area contributed by atoms with Gasteiger partial charge in [-0.25, -0.2) is 9.97 Å². The molecule has 0 saturated carbocycles. The molecule has 25 heavy (non-hydrogen) atoms. The molecule has 6 nitrogen and oxygen atoms in total. The normalized spacial score (nSPS) is 10.7. The van der Waals surface area contributed by atoms with Crippen molar-refractivity contribution in [3.63, 3.8) is 0 Å². The summed E-state index contributed by atoms with van der Waals surface area (Å²) in [4.78, 5) is 22.4. The van der Waals surface area contributed by atoms with Crippen molar-refractivity contribution < 1.29 is 4.79 Å². The number of hydrogen-bond acceptors (Lipinski definition) is 5. The Morgan fingerprint density at radius 2 is 1.92 bits per heavy atom. The summed E-state index contributed by atoms with van der Waals surface area (Å²) in [6.45, 7) is 5.32. The van der Waals surface area contributed by atoms with E-state index in [0.717, 1.165) is 25.1 Å². The summed E-state index contributed by atoms with van der Waals surface area (Å²) in [6.07, 6.45) is 4.60. The number of carbonyl (C=O) groups excluding carboxylic acids is 1. The molecule has 2 N–H and O–H groups in total. The van der Waals surface area contributed by atoms with Crippen LogP contribution in [-0.4, -0.2) is 40.9 Å². The molecule has 0 aliphatic rings. The van der Waals surface area contributed by atoms with Crippen molar-refractivity contribution in [3.05, 3.63) is 53.9 Å². The van der Waals surface area contributed by atoms with E-state index in [-0.39, 0.29) is 5.91 Å². The van der Waals surface area contributed by atoms with Gasteiger partial charge in [0.15, 0.2) is 0 Å². The first-order valence-electron chi connectivity index (χ1n) is 8.71. The molecule has 0 saturated heterocycles. The number of anilines is 1. The van der Waals surface area contributed by atoms with Crippen LogP contribution in [0, 0.1) is 0 Å². The van der Waals surface area contributed by atoms with Crippen molar-refractivity contribution in [2.45, 2.75) is 32.9 Å². The third-order valence-corrected chi connectivity index (χ3v) is 3.90. The molecule has 2 rings (SSSR count). The zero-order valence-electron chi connectivity index (χ0n) is 15.0. The molecular formula is C19H27N5O. The predicted octanol–water partition coefficient (Wildman–Crippen LogP) is 2.44. The van der Waals surface area contributed by atoms with Crippen molar-refractivity contribution >= 4 is 11.9 Å². The minimum atomic E-state index is 0.0619. The highest BCUT2D eigenvalue weighted by Crippen LogP contribution is 2.08. The standard InChI is InChI=1S/C19H27N5O/c1-3-24(2)15-17-8-4-7-16(13-17)14-23-18(25)9-5-10-20-19-21-11-6-12-22-19/h4,6-8,11-13H,3,5,9-10,14-15H2,1-2H3,(H,23,25)(H,20,21,22). The first-order valence-corrected chi connectivity index (χ1v) is 8.71. The average molecular weight is 341 g/mol. The first-order chi connectivity index (χ1) is 12.2. The second-order valence-electron chi connectivity index (χ2n) is 6.03. The Morgan fingerprint density at radius 1 is 1.16 bits per heavy atom. The van der Waals surface area contributed by atoms with Crippen LogP contribution in [0.15, 0.2) is 42.7 Å². The van der Waals surface area contributed by atoms with E-state index in [1.54, 1.807) is 18.5 Å². The lowest BCUT2D eigenvalue weighted by Crippen LogP contribution is -2.23. The summed E-state index contributed by atoms with van der Waals surface area (Å²) in [6, 6.07) is 10.1. The van der Waals surface area contributed by atoms with Crippen molar-refractivity contribution in [1.29, 1.82) is 0 Å². The summed E-state index contributed by atoms with van der Waals surface area (Å²) in [5, 5.41) is 6.08. The minimum Gasteiger partial charge on any atom is -0.354 e. The fourth-order valence-corrected chi connectivity index (χ4v) is 2.39. The number of aromatic nitrogens is 2. The van der Waals surface area contributed by atoms with Gasteiger partial charge in [-0.2, -0.15) is 0 Å². The Morgan fingerprint density at radius 3 is 2.68 bits per heavy atom. The zero-order chi connectivity index (χ0) is 17.9. The molecule has 0 atom stereocenters. The Balaban J connectivity index is 1.66. The van der Waals surface area contributed by atoms with Gasteiger partial charge in [-0.15, -0.1) is 0 Å². The largest absolute Gasteiger partial charge is 0.354 e. The van der Waals surface area contributed by atoms with Gasteiger partial charge in [0.2, 0.25) is 11.9 Å². The number of benzene rings is 1. The molecule has 1 aromatic carbocycles. The molecule has 0 aliphatic carbocycles. The van der Waals surface area contributed by atoms with E-state index in [9.17, 15) is 4.79 Å². The lowest BCUT2D eigenvalue weighted by atomic mass is 10.1. The molecule has 0 unspecified atom stereocenters. The maximum absolute atomic E-state index is 12.0. The van der Waals surface area contributed by atoms with Crippen LogP contribution in [0.5, 0.6) is 0 Å². The maximum Gasteiger partial charge on any atom is 0.222 e. The number of hydrogen-bond donors (Lipinski definition) is 2. The smallest absolute Gasteiger partial charge is 0.222 e. The number of nitrogens with one attached hydrogen (secondary N) is 2. The van der Waals surface area contributed by atoms with Gasteiger partial charge in [0.1, 0.15) is 0 Å². The second kappa shape index (κ2) is 10.4. The summed E-state index contributed by atoms with van der Waals surface area (Å²) in [5.41, 5.74) is 2.40. The van der Waals surface area contributed by atoms with Crippen LogP contribution in [-0.2, 0) is 17.9 Å². The number of carbonyl (C=O) groups is 1. The fraction of sp³-hybridized carbons (Fsp3) is 0.421. The first kappa shape index (κ1) is 18.9. The molecule has 0 spiro atoms. The van der Waals surface area contributed by atoms with Gasteiger partial charge < -0.3 is 15.5 Å². The van der Waals surface area contributed by atoms with E-state index < -0.39 is 0 Å². The Labute approximate surface area is 149 Å². The minimum absolute atomic E-state index is 0.0619. The molecule has 1 heterocycles. The number of amides is 1. The van der Waals surface area contributed by atoms with Crippen molar-refractivity contribution in [1.82, 2.24) is 20.2 Å². The van der Waals surface area contributed by atoms with Crippen LogP contribution in [0.2, 0.25) is 0 Å². The topological polar surface area (TPSA) is 70.2 Å². The molecule has 0 bridgehead atoms. The lowest BCUT2D eigenvalue weighted by molar-refractivity contribution is -0.121. The van der Waals surface area contributed by atoms with E-state index in [2.05, 4.69) is 51.6 Å². The van der Waals surface area contributed by atoms with E-state index in [4.69, 9.17) is 0 Å². The molecule has 0 aliphatic heterocycles. The number of nitrogens with zero attached hydrogens (tertiary/aromatic N) is 3. The van der Waals surface area contributed by atoms with E-state index in [1.807, 2.05) is 12.1 Å². The van der Waals surface area contributed by atoms with E-state index in [1.165, 1.54) is 5.56 Å². The van der Waals surface area contributed by atoms with Crippen LogP contribution in [0.25, 0.3) is 0 Å². The lowest BCUT2D eigenvalue weighted by Gasteiger charge is -2.14. The van der Waals surface area contributed by atoms with Crippen LogP contribution in [0.1, 0.15) is 30.9 Å². The zero-order valence-corrected chi connectivity index (χ0v) is 15.0.